The quantitative estimate of drug-likeness (QED) is 0.389. The summed E-state index contributed by atoms with van der Waals surface area (Å²) in [5.74, 6) is 2.10. The van der Waals surface area contributed by atoms with Gasteiger partial charge >= 0.3 is 0 Å². The number of aliphatic hydroxyl groups is 1. The highest BCUT2D eigenvalue weighted by Crippen LogP contribution is 2.18. The minimum atomic E-state index is -0.615. The van der Waals surface area contributed by atoms with E-state index in [1.807, 2.05) is 38.1 Å². The summed E-state index contributed by atoms with van der Waals surface area (Å²) in [5, 5.41) is 17.2. The first-order valence-corrected chi connectivity index (χ1v) is 11.7. The van der Waals surface area contributed by atoms with Crippen molar-refractivity contribution in [1.29, 1.82) is 0 Å². The zero-order chi connectivity index (χ0) is 22.8. The lowest BCUT2D eigenvalue weighted by molar-refractivity contribution is 0.0925. The summed E-state index contributed by atoms with van der Waals surface area (Å²) < 4.78 is 5.68. The molecule has 1 aliphatic heterocycles. The van der Waals surface area contributed by atoms with Crippen molar-refractivity contribution in [2.75, 3.05) is 52.9 Å². The van der Waals surface area contributed by atoms with Gasteiger partial charge in [-0.1, -0.05) is 26.0 Å². The summed E-state index contributed by atoms with van der Waals surface area (Å²) in [6.07, 6.45) is -0.479. The molecule has 7 heteroatoms. The number of rotatable bonds is 10. The Labute approximate surface area is 188 Å². The molecular formula is C24H43N5O2. The van der Waals surface area contributed by atoms with E-state index in [1.54, 1.807) is 0 Å². The Morgan fingerprint density at radius 2 is 1.71 bits per heavy atom. The Morgan fingerprint density at radius 1 is 1.06 bits per heavy atom. The molecule has 0 radical (unpaired) electrons. The van der Waals surface area contributed by atoms with Gasteiger partial charge in [-0.15, -0.1) is 0 Å². The van der Waals surface area contributed by atoms with Crippen molar-refractivity contribution in [2.24, 2.45) is 10.9 Å². The van der Waals surface area contributed by atoms with E-state index in [2.05, 4.69) is 48.3 Å². The van der Waals surface area contributed by atoms with Crippen LogP contribution in [0.4, 0.5) is 0 Å². The van der Waals surface area contributed by atoms with E-state index >= 15 is 0 Å². The average Bonchev–Trinajstić information content (AvgIpc) is 2.73. The molecule has 1 saturated heterocycles. The molecule has 176 valence electrons. The molecule has 0 aromatic heterocycles. The molecule has 2 unspecified atom stereocenters. The molecule has 1 heterocycles. The van der Waals surface area contributed by atoms with Gasteiger partial charge in [0.25, 0.3) is 0 Å². The maximum atomic E-state index is 10.6. The Kier molecular flexibility index (Phi) is 10.6. The molecule has 1 aromatic carbocycles. The fourth-order valence-electron chi connectivity index (χ4n) is 3.78. The van der Waals surface area contributed by atoms with Gasteiger partial charge in [0, 0.05) is 45.3 Å². The Morgan fingerprint density at radius 3 is 2.26 bits per heavy atom. The number of piperazine rings is 1. The summed E-state index contributed by atoms with van der Waals surface area (Å²) >= 11 is 0. The molecular weight excluding hydrogens is 390 g/mol. The van der Waals surface area contributed by atoms with Crippen LogP contribution in [0.2, 0.25) is 0 Å². The van der Waals surface area contributed by atoms with Gasteiger partial charge in [-0.05, 0) is 51.4 Å². The lowest BCUT2D eigenvalue weighted by atomic mass is 10.0. The number of benzene rings is 1. The maximum absolute atomic E-state index is 10.6. The van der Waals surface area contributed by atoms with Crippen molar-refractivity contribution in [3.05, 3.63) is 29.8 Å². The lowest BCUT2D eigenvalue weighted by Crippen LogP contribution is -2.52. The zero-order valence-corrected chi connectivity index (χ0v) is 20.3. The van der Waals surface area contributed by atoms with Gasteiger partial charge in [0.1, 0.15) is 5.75 Å². The van der Waals surface area contributed by atoms with E-state index in [1.165, 1.54) is 0 Å². The highest BCUT2D eigenvalue weighted by atomic mass is 16.5. The van der Waals surface area contributed by atoms with Crippen LogP contribution in [-0.4, -0.2) is 85.9 Å². The Hall–Kier alpha value is -1.83. The normalized spacial score (nSPS) is 18.3. The van der Waals surface area contributed by atoms with Gasteiger partial charge in [0.05, 0.1) is 18.8 Å². The molecule has 1 fully saturated rings. The molecule has 2 atom stereocenters. The van der Waals surface area contributed by atoms with Gasteiger partial charge in [-0.3, -0.25) is 9.89 Å². The predicted octanol–water partition coefficient (Wildman–Crippen LogP) is 2.33. The summed E-state index contributed by atoms with van der Waals surface area (Å²) in [6, 6.07) is 8.05. The van der Waals surface area contributed by atoms with Crippen molar-refractivity contribution in [3.63, 3.8) is 0 Å². The van der Waals surface area contributed by atoms with E-state index in [-0.39, 0.29) is 6.10 Å². The second kappa shape index (κ2) is 12.9. The molecule has 3 N–H and O–H groups in total. The number of hydrogen-bond donors (Lipinski definition) is 3. The van der Waals surface area contributed by atoms with Crippen LogP contribution in [0.5, 0.6) is 5.75 Å². The van der Waals surface area contributed by atoms with Crippen molar-refractivity contribution in [1.82, 2.24) is 20.4 Å². The van der Waals surface area contributed by atoms with Crippen LogP contribution < -0.4 is 15.4 Å². The molecule has 0 spiro atoms. The van der Waals surface area contributed by atoms with Gasteiger partial charge in [0.2, 0.25) is 0 Å². The van der Waals surface area contributed by atoms with E-state index < -0.39 is 6.10 Å². The average molecular weight is 434 g/mol. The molecule has 0 saturated carbocycles. The first-order valence-electron chi connectivity index (χ1n) is 11.7. The van der Waals surface area contributed by atoms with Crippen molar-refractivity contribution in [2.45, 2.75) is 52.9 Å². The summed E-state index contributed by atoms with van der Waals surface area (Å²) in [6.45, 7) is 16.9. The summed E-state index contributed by atoms with van der Waals surface area (Å²) in [4.78, 5) is 9.79. The Bertz CT molecular complexity index is 654. The lowest BCUT2D eigenvalue weighted by Gasteiger charge is -2.39. The maximum Gasteiger partial charge on any atom is 0.191 e. The van der Waals surface area contributed by atoms with Gasteiger partial charge < -0.3 is 25.4 Å². The van der Waals surface area contributed by atoms with Crippen LogP contribution in [0.25, 0.3) is 0 Å². The second-order valence-electron chi connectivity index (χ2n) is 9.00. The number of nitrogens with one attached hydrogen (secondary N) is 2. The Balaban J connectivity index is 1.93. The highest BCUT2D eigenvalue weighted by Gasteiger charge is 2.24. The van der Waals surface area contributed by atoms with E-state index in [0.717, 1.165) is 56.5 Å². The molecule has 0 amide bonds. The summed E-state index contributed by atoms with van der Waals surface area (Å²) in [7, 11) is 2.18. The van der Waals surface area contributed by atoms with Crippen LogP contribution >= 0.6 is 0 Å². The zero-order valence-electron chi connectivity index (χ0n) is 20.3. The van der Waals surface area contributed by atoms with E-state index in [9.17, 15) is 5.11 Å². The standard InChI is InChI=1S/C24H43N5O2/c1-7-25-24(26-16-22(18(2)3)29-14-12-28(6)13-15-29)27-17-23(30)20-8-10-21(11-9-20)31-19(4)5/h8-11,18-19,22-23,30H,7,12-17H2,1-6H3,(H2,25,26,27). The van der Waals surface area contributed by atoms with Crippen molar-refractivity contribution >= 4 is 5.96 Å². The smallest absolute Gasteiger partial charge is 0.191 e. The number of aliphatic hydroxyl groups excluding tert-OH is 1. The predicted molar refractivity (Wildman–Crippen MR) is 129 cm³/mol. The van der Waals surface area contributed by atoms with Crippen molar-refractivity contribution < 1.29 is 9.84 Å². The minimum absolute atomic E-state index is 0.136. The fourth-order valence-corrected chi connectivity index (χ4v) is 3.78. The number of aliphatic imine (C=N–C) groups is 1. The molecule has 31 heavy (non-hydrogen) atoms. The topological polar surface area (TPSA) is 72.4 Å². The highest BCUT2D eigenvalue weighted by molar-refractivity contribution is 5.79. The number of likely N-dealkylation sites (N-methyl/N-ethyl adjacent to an activating group) is 1. The van der Waals surface area contributed by atoms with Crippen LogP contribution in [0.15, 0.2) is 29.3 Å². The van der Waals surface area contributed by atoms with Crippen LogP contribution in [0.3, 0.4) is 0 Å². The number of guanidine groups is 1. The first-order chi connectivity index (χ1) is 14.8. The van der Waals surface area contributed by atoms with Crippen molar-refractivity contribution in [3.8, 4) is 5.75 Å². The largest absolute Gasteiger partial charge is 0.491 e. The summed E-state index contributed by atoms with van der Waals surface area (Å²) in [5.41, 5.74) is 0.858. The second-order valence-corrected chi connectivity index (χ2v) is 9.00. The van der Waals surface area contributed by atoms with Crippen LogP contribution in [0.1, 0.15) is 46.3 Å². The third-order valence-corrected chi connectivity index (χ3v) is 5.66. The van der Waals surface area contributed by atoms with E-state index in [0.29, 0.717) is 18.5 Å². The van der Waals surface area contributed by atoms with Gasteiger partial charge in [0.15, 0.2) is 5.96 Å². The van der Waals surface area contributed by atoms with Gasteiger partial charge in [-0.25, -0.2) is 0 Å². The monoisotopic (exact) mass is 433 g/mol. The molecule has 0 bridgehead atoms. The number of ether oxygens (including phenoxy) is 1. The molecule has 1 aromatic rings. The number of nitrogens with zero attached hydrogens (tertiary/aromatic N) is 3. The molecule has 0 aliphatic carbocycles. The molecule has 2 rings (SSSR count). The van der Waals surface area contributed by atoms with E-state index in [4.69, 9.17) is 9.73 Å². The van der Waals surface area contributed by atoms with Crippen LogP contribution in [0, 0.1) is 5.92 Å². The molecule has 7 nitrogen and oxygen atoms in total. The SMILES string of the molecule is CCNC(=NCC(C(C)C)N1CCN(C)CC1)NCC(O)c1ccc(OC(C)C)cc1. The minimum Gasteiger partial charge on any atom is -0.491 e. The molecule has 1 aliphatic rings. The van der Waals surface area contributed by atoms with Crippen LogP contribution in [-0.2, 0) is 0 Å². The number of hydrogen-bond acceptors (Lipinski definition) is 5. The van der Waals surface area contributed by atoms with Gasteiger partial charge in [-0.2, -0.15) is 0 Å². The third kappa shape index (κ3) is 8.67. The first kappa shape index (κ1) is 25.4. The fraction of sp³-hybridized carbons (Fsp3) is 0.708. The third-order valence-electron chi connectivity index (χ3n) is 5.66.